The monoisotopic (exact) mass is 579 g/mol. The molecule has 1 heterocycles. The Bertz CT molecular complexity index is 1410. The number of hydrogen-bond donors (Lipinski definition) is 3. The minimum absolute atomic E-state index is 0.00981. The number of carbonyl (C=O) groups excluding carboxylic acids is 1. The minimum Gasteiger partial charge on any atom is -0.392 e. The number of ether oxygens (including phenoxy) is 2. The second-order valence-electron chi connectivity index (χ2n) is 11.3. The van der Waals surface area contributed by atoms with Gasteiger partial charge in [0.2, 0.25) is 0 Å². The number of aliphatic hydroxyl groups excluding tert-OH is 1. The number of benzene rings is 4. The van der Waals surface area contributed by atoms with E-state index in [-0.39, 0.29) is 30.8 Å². The predicted molar refractivity (Wildman–Crippen MR) is 168 cm³/mol. The van der Waals surface area contributed by atoms with E-state index in [0.29, 0.717) is 13.1 Å². The van der Waals surface area contributed by atoms with Gasteiger partial charge in [0.05, 0.1) is 18.8 Å². The predicted octanol–water partition coefficient (Wildman–Crippen LogP) is 6.10. The maximum Gasteiger partial charge on any atom is 0.315 e. The maximum absolute atomic E-state index is 12.3. The minimum atomic E-state index is -0.537. The number of aliphatic hydroxyl groups is 1. The van der Waals surface area contributed by atoms with Crippen molar-refractivity contribution in [3.63, 3.8) is 0 Å². The van der Waals surface area contributed by atoms with Crippen LogP contribution in [0.15, 0.2) is 109 Å². The number of nitrogens with zero attached hydrogens (tertiary/aromatic N) is 1. The molecule has 7 heteroatoms. The zero-order chi connectivity index (χ0) is 30.0. The van der Waals surface area contributed by atoms with Crippen molar-refractivity contribution in [1.29, 1.82) is 0 Å². The van der Waals surface area contributed by atoms with Crippen molar-refractivity contribution in [3.05, 3.63) is 143 Å². The Kier molecular flexibility index (Phi) is 10.6. The summed E-state index contributed by atoms with van der Waals surface area (Å²) in [5.74, 6) is 0.104. The quantitative estimate of drug-likeness (QED) is 0.200. The number of hydrogen-bond acceptors (Lipinski definition) is 5. The van der Waals surface area contributed by atoms with Crippen LogP contribution in [-0.2, 0) is 35.7 Å². The molecule has 2 amide bonds. The van der Waals surface area contributed by atoms with Crippen molar-refractivity contribution in [3.8, 4) is 0 Å². The molecule has 0 bridgehead atoms. The van der Waals surface area contributed by atoms with Crippen LogP contribution in [0.3, 0.4) is 0 Å². The molecule has 1 aliphatic heterocycles. The molecule has 0 spiro atoms. The van der Waals surface area contributed by atoms with Crippen LogP contribution in [0.1, 0.15) is 52.7 Å². The van der Waals surface area contributed by atoms with Crippen molar-refractivity contribution in [1.82, 2.24) is 15.5 Å². The number of rotatable bonds is 11. The molecule has 3 N–H and O–H groups in total. The van der Waals surface area contributed by atoms with Crippen LogP contribution in [0.5, 0.6) is 0 Å². The SMILES string of the molecule is C[C@@H]1[C@H](CN(C)Cc2ccccc2)O[C@H](c2ccc(CNC(=O)NCc3ccccc3)cc2)O[C@@H]1c1ccc(CO)cc1. The molecule has 7 nitrogen and oxygen atoms in total. The van der Waals surface area contributed by atoms with Gasteiger partial charge < -0.3 is 25.2 Å². The maximum atomic E-state index is 12.3. The van der Waals surface area contributed by atoms with E-state index in [2.05, 4.69) is 53.8 Å². The van der Waals surface area contributed by atoms with E-state index in [1.807, 2.05) is 84.9 Å². The summed E-state index contributed by atoms with van der Waals surface area (Å²) in [6.07, 6.45) is -0.772. The first-order chi connectivity index (χ1) is 21.0. The van der Waals surface area contributed by atoms with Gasteiger partial charge in [0.1, 0.15) is 0 Å². The summed E-state index contributed by atoms with van der Waals surface area (Å²) in [5.41, 5.74) is 6.16. The Labute approximate surface area is 254 Å². The highest BCUT2D eigenvalue weighted by Gasteiger charge is 2.38. The molecule has 5 rings (SSSR count). The van der Waals surface area contributed by atoms with Crippen molar-refractivity contribution in [2.75, 3.05) is 13.6 Å². The number of amides is 2. The zero-order valence-corrected chi connectivity index (χ0v) is 24.9. The van der Waals surface area contributed by atoms with Gasteiger partial charge in [-0.2, -0.15) is 0 Å². The Hall–Kier alpha value is -4.01. The Morgan fingerprint density at radius 1 is 0.721 bits per heavy atom. The lowest BCUT2D eigenvalue weighted by atomic mass is 9.90. The molecule has 0 radical (unpaired) electrons. The van der Waals surface area contributed by atoms with Gasteiger partial charge in [-0.1, -0.05) is 116 Å². The summed E-state index contributed by atoms with van der Waals surface area (Å²) in [6.45, 7) is 4.66. The number of likely N-dealkylation sites (N-methyl/N-ethyl adjacent to an activating group) is 1. The Balaban J connectivity index is 1.24. The van der Waals surface area contributed by atoms with Crippen LogP contribution in [0, 0.1) is 5.92 Å². The third-order valence-electron chi connectivity index (χ3n) is 7.91. The lowest BCUT2D eigenvalue weighted by Gasteiger charge is -2.42. The lowest BCUT2D eigenvalue weighted by Crippen LogP contribution is -2.43. The van der Waals surface area contributed by atoms with E-state index in [1.54, 1.807) is 0 Å². The van der Waals surface area contributed by atoms with Crippen LogP contribution < -0.4 is 10.6 Å². The first-order valence-corrected chi connectivity index (χ1v) is 14.9. The Morgan fingerprint density at radius 3 is 1.86 bits per heavy atom. The molecule has 1 fully saturated rings. The summed E-state index contributed by atoms with van der Waals surface area (Å²) < 4.78 is 13.2. The molecule has 0 unspecified atom stereocenters. The topological polar surface area (TPSA) is 83.1 Å². The molecule has 4 aromatic carbocycles. The van der Waals surface area contributed by atoms with Gasteiger partial charge in [-0.25, -0.2) is 4.79 Å². The lowest BCUT2D eigenvalue weighted by molar-refractivity contribution is -0.276. The molecule has 1 saturated heterocycles. The second kappa shape index (κ2) is 14.9. The van der Waals surface area contributed by atoms with Crippen molar-refractivity contribution < 1.29 is 19.4 Å². The van der Waals surface area contributed by atoms with Crippen molar-refractivity contribution in [2.45, 2.75) is 51.7 Å². The van der Waals surface area contributed by atoms with Gasteiger partial charge in [-0.3, -0.25) is 4.90 Å². The van der Waals surface area contributed by atoms with Crippen LogP contribution in [-0.4, -0.2) is 35.7 Å². The molecular weight excluding hydrogens is 538 g/mol. The molecular formula is C36H41N3O4. The van der Waals surface area contributed by atoms with Gasteiger partial charge in [-0.15, -0.1) is 0 Å². The van der Waals surface area contributed by atoms with E-state index in [9.17, 15) is 9.90 Å². The largest absolute Gasteiger partial charge is 0.392 e. The van der Waals surface area contributed by atoms with Crippen LogP contribution in [0.25, 0.3) is 0 Å². The molecule has 1 aliphatic rings. The Morgan fingerprint density at radius 2 is 1.26 bits per heavy atom. The molecule has 224 valence electrons. The van der Waals surface area contributed by atoms with Gasteiger partial charge >= 0.3 is 6.03 Å². The molecule has 0 saturated carbocycles. The van der Waals surface area contributed by atoms with Crippen LogP contribution in [0.2, 0.25) is 0 Å². The van der Waals surface area contributed by atoms with Crippen molar-refractivity contribution in [2.24, 2.45) is 5.92 Å². The van der Waals surface area contributed by atoms with Gasteiger partial charge in [-0.05, 0) is 34.9 Å². The standard InChI is InChI=1S/C36H41N3O4/c1-26-33(24-39(2)23-29-11-7-4-8-12-29)42-35(43-34(26)31-17-15-30(25-40)16-18-31)32-19-13-28(14-20-32)22-38-36(41)37-21-27-9-5-3-6-10-27/h3-20,26,33-35,40H,21-25H2,1-2H3,(H2,37,38,41)/t26-,33+,34+,35+/m1/s1. The molecule has 4 atom stereocenters. The summed E-state index contributed by atoms with van der Waals surface area (Å²) in [5, 5.41) is 15.3. The van der Waals surface area contributed by atoms with Gasteiger partial charge in [0, 0.05) is 37.7 Å². The highest BCUT2D eigenvalue weighted by Crippen LogP contribution is 2.41. The summed E-state index contributed by atoms with van der Waals surface area (Å²) in [7, 11) is 2.12. The second-order valence-corrected chi connectivity index (χ2v) is 11.3. The molecule has 0 aliphatic carbocycles. The van der Waals surface area contributed by atoms with Gasteiger partial charge in [0.25, 0.3) is 0 Å². The van der Waals surface area contributed by atoms with Crippen LogP contribution in [0.4, 0.5) is 4.79 Å². The normalized spacial score (nSPS) is 20.1. The highest BCUT2D eigenvalue weighted by molar-refractivity contribution is 5.73. The third kappa shape index (κ3) is 8.52. The first-order valence-electron chi connectivity index (χ1n) is 14.9. The third-order valence-corrected chi connectivity index (χ3v) is 7.91. The zero-order valence-electron chi connectivity index (χ0n) is 24.9. The fraction of sp³-hybridized carbons (Fsp3) is 0.306. The van der Waals surface area contributed by atoms with E-state index in [4.69, 9.17) is 9.47 Å². The molecule has 0 aromatic heterocycles. The van der Waals surface area contributed by atoms with Gasteiger partial charge in [0.15, 0.2) is 6.29 Å². The molecule has 43 heavy (non-hydrogen) atoms. The summed E-state index contributed by atoms with van der Waals surface area (Å²) in [4.78, 5) is 14.6. The average Bonchev–Trinajstić information content (AvgIpc) is 3.05. The number of nitrogens with one attached hydrogen (secondary N) is 2. The number of carbonyl (C=O) groups is 1. The van der Waals surface area contributed by atoms with Crippen LogP contribution >= 0.6 is 0 Å². The average molecular weight is 580 g/mol. The first kappa shape index (κ1) is 30.4. The smallest absolute Gasteiger partial charge is 0.315 e. The van der Waals surface area contributed by atoms with E-state index in [1.165, 1.54) is 5.56 Å². The summed E-state index contributed by atoms with van der Waals surface area (Å²) in [6, 6.07) is 36.1. The summed E-state index contributed by atoms with van der Waals surface area (Å²) >= 11 is 0. The van der Waals surface area contributed by atoms with E-state index >= 15 is 0 Å². The van der Waals surface area contributed by atoms with Crippen molar-refractivity contribution >= 4 is 6.03 Å². The number of urea groups is 1. The molecule has 4 aromatic rings. The fourth-order valence-electron chi connectivity index (χ4n) is 5.41. The van der Waals surface area contributed by atoms with E-state index < -0.39 is 6.29 Å². The fourth-order valence-corrected chi connectivity index (χ4v) is 5.41. The highest BCUT2D eigenvalue weighted by atomic mass is 16.7. The van der Waals surface area contributed by atoms with E-state index in [0.717, 1.165) is 40.9 Å².